The number of hydrogen-bond donors (Lipinski definition) is 0. The lowest BCUT2D eigenvalue weighted by Crippen LogP contribution is -2.09. The molecular formula is C61H47N5. The van der Waals surface area contributed by atoms with E-state index in [1.54, 1.807) is 0 Å². The lowest BCUT2D eigenvalue weighted by Gasteiger charge is -2.26. The summed E-state index contributed by atoms with van der Waals surface area (Å²) < 4.78 is 2.43. The molecule has 0 aliphatic rings. The van der Waals surface area contributed by atoms with Gasteiger partial charge in [0, 0.05) is 67.3 Å². The number of para-hydroxylation sites is 4. The first-order valence-corrected chi connectivity index (χ1v) is 22.5. The zero-order chi connectivity index (χ0) is 44.6. The molecule has 0 N–H and O–H groups in total. The van der Waals surface area contributed by atoms with E-state index in [-0.39, 0.29) is 0 Å². The summed E-state index contributed by atoms with van der Waals surface area (Å²) in [5.41, 5.74) is 18.3. The summed E-state index contributed by atoms with van der Waals surface area (Å²) in [7, 11) is 0. The fourth-order valence-electron chi connectivity index (χ4n) is 9.10. The lowest BCUT2D eigenvalue weighted by molar-refractivity contribution is 1.14. The van der Waals surface area contributed by atoms with E-state index in [0.717, 1.165) is 95.3 Å². The van der Waals surface area contributed by atoms with Crippen LogP contribution in [0.5, 0.6) is 0 Å². The Morgan fingerprint density at radius 2 is 0.727 bits per heavy atom. The average Bonchev–Trinajstić information content (AvgIpc) is 3.68. The summed E-state index contributed by atoms with van der Waals surface area (Å²) in [5, 5.41) is 2.32. The van der Waals surface area contributed by atoms with Crippen molar-refractivity contribution in [3.8, 4) is 39.6 Å². The Labute approximate surface area is 386 Å². The minimum atomic E-state index is 0.707. The quantitative estimate of drug-likeness (QED) is 0.137. The molecule has 0 unspecified atom stereocenters. The third-order valence-corrected chi connectivity index (χ3v) is 12.4. The Bertz CT molecular complexity index is 3190. The van der Waals surface area contributed by atoms with Crippen molar-refractivity contribution in [2.24, 2.45) is 0 Å². The third-order valence-electron chi connectivity index (χ3n) is 12.4. The van der Waals surface area contributed by atoms with E-state index in [1.807, 2.05) is 0 Å². The second-order valence-electron chi connectivity index (χ2n) is 16.9. The van der Waals surface area contributed by atoms with Gasteiger partial charge in [0.2, 0.25) is 0 Å². The van der Waals surface area contributed by atoms with Gasteiger partial charge in [-0.2, -0.15) is 0 Å². The van der Waals surface area contributed by atoms with Crippen LogP contribution in [0.2, 0.25) is 0 Å². The number of nitrogens with zero attached hydrogens (tertiary/aromatic N) is 5. The van der Waals surface area contributed by atoms with Crippen molar-refractivity contribution in [3.05, 3.63) is 247 Å². The molecule has 5 heteroatoms. The third kappa shape index (κ3) is 7.67. The van der Waals surface area contributed by atoms with Crippen molar-refractivity contribution in [2.75, 3.05) is 9.80 Å². The SMILES string of the molecule is Cc1ccc(-c2cc(-c3ccc(-n4c5ccc(N(c6ccccc6)c6ccccc6)cc5c5cc(N(c6ccccc6)c6ccccc6)ccc54)c(C)c3)nc(-c3ccc(C)cc3)n2)cc1. The van der Waals surface area contributed by atoms with Gasteiger partial charge in [0.05, 0.1) is 22.4 Å². The molecule has 0 aliphatic heterocycles. The molecule has 5 nitrogen and oxygen atoms in total. The van der Waals surface area contributed by atoms with Gasteiger partial charge >= 0.3 is 0 Å². The lowest BCUT2D eigenvalue weighted by atomic mass is 10.0. The first-order chi connectivity index (χ1) is 32.4. The first kappa shape index (κ1) is 40.2. The molecule has 0 aliphatic carbocycles. The normalized spacial score (nSPS) is 11.3. The van der Waals surface area contributed by atoms with E-state index in [4.69, 9.17) is 9.97 Å². The summed E-state index contributed by atoms with van der Waals surface area (Å²) in [6, 6.07) is 82.2. The van der Waals surface area contributed by atoms with Crippen molar-refractivity contribution in [2.45, 2.75) is 20.8 Å². The van der Waals surface area contributed by atoms with Crippen LogP contribution in [0.25, 0.3) is 61.4 Å². The van der Waals surface area contributed by atoms with Crippen LogP contribution >= 0.6 is 0 Å². The molecule has 0 radical (unpaired) electrons. The van der Waals surface area contributed by atoms with Crippen LogP contribution in [0.15, 0.2) is 231 Å². The number of aromatic nitrogens is 3. The van der Waals surface area contributed by atoms with Gasteiger partial charge in [-0.15, -0.1) is 0 Å². The highest BCUT2D eigenvalue weighted by molar-refractivity contribution is 6.12. The maximum atomic E-state index is 5.21. The van der Waals surface area contributed by atoms with E-state index in [1.165, 1.54) is 11.1 Å². The molecule has 11 aromatic rings. The molecule has 0 fully saturated rings. The number of benzene rings is 9. The van der Waals surface area contributed by atoms with Gasteiger partial charge in [0.1, 0.15) is 0 Å². The fraction of sp³-hybridized carbons (Fsp3) is 0.0492. The first-order valence-electron chi connectivity index (χ1n) is 22.5. The number of rotatable bonds is 10. The summed E-state index contributed by atoms with van der Waals surface area (Å²) in [4.78, 5) is 15.0. The van der Waals surface area contributed by atoms with Gasteiger partial charge in [-0.05, 0) is 129 Å². The van der Waals surface area contributed by atoms with E-state index >= 15 is 0 Å². The maximum absolute atomic E-state index is 5.21. The standard InChI is InChI=1S/C61H47N5/c1-42-24-28-45(29-25-42)56-41-57(63-61(62-56)46-30-26-43(2)27-31-46)47-32-35-58(44(3)38-47)66-59-36-33-52(64(48-16-8-4-9-17-48)49-18-10-5-11-19-49)39-54(59)55-40-53(34-37-60(55)66)65(50-20-12-6-13-21-50)51-22-14-7-15-23-51/h4-41H,1-3H3. The highest BCUT2D eigenvalue weighted by Crippen LogP contribution is 2.43. The predicted octanol–water partition coefficient (Wildman–Crippen LogP) is 16.4. The van der Waals surface area contributed by atoms with Gasteiger partial charge in [-0.1, -0.05) is 139 Å². The molecule has 66 heavy (non-hydrogen) atoms. The second kappa shape index (κ2) is 17.2. The summed E-state index contributed by atoms with van der Waals surface area (Å²) >= 11 is 0. The summed E-state index contributed by atoms with van der Waals surface area (Å²) in [6.45, 7) is 6.42. The molecule has 0 saturated carbocycles. The van der Waals surface area contributed by atoms with E-state index in [9.17, 15) is 0 Å². The second-order valence-corrected chi connectivity index (χ2v) is 16.9. The number of aryl methyl sites for hydroxylation is 3. The van der Waals surface area contributed by atoms with Gasteiger partial charge in [-0.3, -0.25) is 0 Å². The van der Waals surface area contributed by atoms with Crippen LogP contribution in [-0.2, 0) is 0 Å². The van der Waals surface area contributed by atoms with Gasteiger partial charge in [0.25, 0.3) is 0 Å². The minimum Gasteiger partial charge on any atom is -0.310 e. The highest BCUT2D eigenvalue weighted by Gasteiger charge is 2.21. The van der Waals surface area contributed by atoms with Crippen LogP contribution in [0.3, 0.4) is 0 Å². The highest BCUT2D eigenvalue weighted by atomic mass is 15.1. The monoisotopic (exact) mass is 849 g/mol. The molecule has 0 saturated heterocycles. The molecule has 0 atom stereocenters. The smallest absolute Gasteiger partial charge is 0.160 e. The van der Waals surface area contributed by atoms with Crippen LogP contribution < -0.4 is 9.80 Å². The van der Waals surface area contributed by atoms with Gasteiger partial charge in [-0.25, -0.2) is 9.97 Å². The summed E-state index contributed by atoms with van der Waals surface area (Å²) in [5.74, 6) is 0.707. The van der Waals surface area contributed by atoms with Crippen LogP contribution in [0, 0.1) is 20.8 Å². The van der Waals surface area contributed by atoms with E-state index in [0.29, 0.717) is 5.82 Å². The molecular weight excluding hydrogens is 803 g/mol. The Balaban J connectivity index is 1.10. The van der Waals surface area contributed by atoms with E-state index < -0.39 is 0 Å². The predicted molar refractivity (Wildman–Crippen MR) is 276 cm³/mol. The topological polar surface area (TPSA) is 37.2 Å². The molecule has 0 amide bonds. The molecule has 316 valence electrons. The Morgan fingerprint density at radius 1 is 0.333 bits per heavy atom. The molecule has 2 heterocycles. The van der Waals surface area contributed by atoms with Crippen molar-refractivity contribution in [1.82, 2.24) is 14.5 Å². The largest absolute Gasteiger partial charge is 0.310 e. The van der Waals surface area contributed by atoms with Crippen molar-refractivity contribution < 1.29 is 0 Å². The number of fused-ring (bicyclic) bond motifs is 3. The average molecular weight is 850 g/mol. The minimum absolute atomic E-state index is 0.707. The van der Waals surface area contributed by atoms with Crippen molar-refractivity contribution in [3.63, 3.8) is 0 Å². The molecule has 0 bridgehead atoms. The number of hydrogen-bond acceptors (Lipinski definition) is 4. The van der Waals surface area contributed by atoms with Gasteiger partial charge in [0.15, 0.2) is 5.82 Å². The zero-order valence-corrected chi connectivity index (χ0v) is 37.2. The van der Waals surface area contributed by atoms with Crippen LogP contribution in [0.1, 0.15) is 16.7 Å². The zero-order valence-electron chi connectivity index (χ0n) is 37.2. The Hall–Kier alpha value is -8.54. The number of anilines is 6. The van der Waals surface area contributed by atoms with Crippen molar-refractivity contribution >= 4 is 55.9 Å². The van der Waals surface area contributed by atoms with Crippen molar-refractivity contribution in [1.29, 1.82) is 0 Å². The van der Waals surface area contributed by atoms with Crippen LogP contribution in [-0.4, -0.2) is 14.5 Å². The molecule has 11 rings (SSSR count). The van der Waals surface area contributed by atoms with E-state index in [2.05, 4.69) is 266 Å². The molecule has 2 aromatic heterocycles. The fourth-order valence-corrected chi connectivity index (χ4v) is 9.10. The molecule has 9 aromatic carbocycles. The Morgan fingerprint density at radius 3 is 1.15 bits per heavy atom. The van der Waals surface area contributed by atoms with Crippen LogP contribution in [0.4, 0.5) is 34.1 Å². The Kier molecular flexibility index (Phi) is 10.5. The van der Waals surface area contributed by atoms with Gasteiger partial charge < -0.3 is 14.4 Å². The molecule has 0 spiro atoms. The summed E-state index contributed by atoms with van der Waals surface area (Å²) in [6.07, 6.45) is 0. The maximum Gasteiger partial charge on any atom is 0.160 e.